The molecule has 0 unspecified atom stereocenters. The molecule has 0 aliphatic carbocycles. The first-order valence-corrected chi connectivity index (χ1v) is 7.52. The van der Waals surface area contributed by atoms with Gasteiger partial charge in [0.05, 0.1) is 6.04 Å². The van der Waals surface area contributed by atoms with Gasteiger partial charge in [-0.1, -0.05) is 32.9 Å². The SMILES string of the molecule is CC(C)(C)C[C@@H](NC(=O)[C@@H]1CCCO1)c1ccc(F)cc1. The van der Waals surface area contributed by atoms with E-state index in [4.69, 9.17) is 4.74 Å². The van der Waals surface area contributed by atoms with Gasteiger partial charge in [-0.25, -0.2) is 4.39 Å². The lowest BCUT2D eigenvalue weighted by Crippen LogP contribution is -2.38. The standard InChI is InChI=1S/C17H24FNO2/c1-17(2,3)11-14(12-6-8-13(18)9-7-12)19-16(20)15-5-4-10-21-15/h6-9,14-15H,4-5,10-11H2,1-3H3,(H,19,20)/t14-,15+/m1/s1. The van der Waals surface area contributed by atoms with Crippen LogP contribution in [0.2, 0.25) is 0 Å². The Kier molecular flexibility index (Phi) is 4.99. The van der Waals surface area contributed by atoms with E-state index in [-0.39, 0.29) is 29.3 Å². The predicted octanol–water partition coefficient (Wildman–Crippen LogP) is 3.60. The first kappa shape index (κ1) is 16.0. The number of nitrogens with one attached hydrogen (secondary N) is 1. The number of hydrogen-bond donors (Lipinski definition) is 1. The molecule has 1 fully saturated rings. The summed E-state index contributed by atoms with van der Waals surface area (Å²) in [4.78, 5) is 12.3. The van der Waals surface area contributed by atoms with Gasteiger partial charge in [0.1, 0.15) is 11.9 Å². The molecule has 2 atom stereocenters. The highest BCUT2D eigenvalue weighted by molar-refractivity contribution is 5.81. The zero-order chi connectivity index (χ0) is 15.5. The van der Waals surface area contributed by atoms with E-state index in [1.54, 1.807) is 12.1 Å². The van der Waals surface area contributed by atoms with Crippen LogP contribution in [0.4, 0.5) is 4.39 Å². The molecule has 1 saturated heterocycles. The van der Waals surface area contributed by atoms with Crippen molar-refractivity contribution >= 4 is 5.91 Å². The molecule has 1 heterocycles. The smallest absolute Gasteiger partial charge is 0.249 e. The average molecular weight is 293 g/mol. The molecular formula is C17H24FNO2. The molecule has 1 aromatic rings. The molecule has 0 radical (unpaired) electrons. The molecule has 1 aliphatic rings. The third-order valence-corrected chi connectivity index (χ3v) is 3.63. The number of hydrogen-bond acceptors (Lipinski definition) is 2. The van der Waals surface area contributed by atoms with E-state index in [1.807, 2.05) is 0 Å². The van der Waals surface area contributed by atoms with Crippen molar-refractivity contribution in [3.05, 3.63) is 35.6 Å². The molecular weight excluding hydrogens is 269 g/mol. The lowest BCUT2D eigenvalue weighted by atomic mass is 9.85. The number of carbonyl (C=O) groups excluding carboxylic acids is 1. The monoisotopic (exact) mass is 293 g/mol. The van der Waals surface area contributed by atoms with Crippen molar-refractivity contribution in [2.45, 2.75) is 52.2 Å². The zero-order valence-corrected chi connectivity index (χ0v) is 13.0. The van der Waals surface area contributed by atoms with Crippen molar-refractivity contribution < 1.29 is 13.9 Å². The van der Waals surface area contributed by atoms with Gasteiger partial charge in [-0.3, -0.25) is 4.79 Å². The summed E-state index contributed by atoms with van der Waals surface area (Å²) in [5.74, 6) is -0.329. The Hall–Kier alpha value is -1.42. The Morgan fingerprint density at radius 2 is 2.05 bits per heavy atom. The number of rotatable bonds is 4. The Morgan fingerprint density at radius 1 is 1.38 bits per heavy atom. The van der Waals surface area contributed by atoms with Crippen LogP contribution in [-0.4, -0.2) is 18.6 Å². The second-order valence-electron chi connectivity index (χ2n) is 6.88. The summed E-state index contributed by atoms with van der Waals surface area (Å²) in [5, 5.41) is 3.06. The van der Waals surface area contributed by atoms with Crippen molar-refractivity contribution in [1.82, 2.24) is 5.32 Å². The normalized spacial score (nSPS) is 20.3. The Balaban J connectivity index is 2.11. The second kappa shape index (κ2) is 6.56. The first-order chi connectivity index (χ1) is 9.85. The summed E-state index contributed by atoms with van der Waals surface area (Å²) in [6.45, 7) is 7.03. The summed E-state index contributed by atoms with van der Waals surface area (Å²) >= 11 is 0. The van der Waals surface area contributed by atoms with Crippen molar-refractivity contribution in [2.75, 3.05) is 6.61 Å². The van der Waals surface area contributed by atoms with Crippen molar-refractivity contribution in [3.8, 4) is 0 Å². The molecule has 0 spiro atoms. The molecule has 1 N–H and O–H groups in total. The van der Waals surface area contributed by atoms with Gasteiger partial charge >= 0.3 is 0 Å². The van der Waals surface area contributed by atoms with E-state index in [0.29, 0.717) is 6.61 Å². The van der Waals surface area contributed by atoms with Gasteiger partial charge in [0.15, 0.2) is 0 Å². The van der Waals surface area contributed by atoms with Crippen LogP contribution in [0.1, 0.15) is 51.6 Å². The van der Waals surface area contributed by atoms with Crippen LogP contribution in [0.3, 0.4) is 0 Å². The fourth-order valence-electron chi connectivity index (χ4n) is 2.61. The van der Waals surface area contributed by atoms with Crippen molar-refractivity contribution in [1.29, 1.82) is 0 Å². The number of ether oxygens (including phenoxy) is 1. The molecule has 21 heavy (non-hydrogen) atoms. The maximum Gasteiger partial charge on any atom is 0.249 e. The molecule has 3 nitrogen and oxygen atoms in total. The Morgan fingerprint density at radius 3 is 2.57 bits per heavy atom. The van der Waals surface area contributed by atoms with E-state index in [9.17, 15) is 9.18 Å². The van der Waals surface area contributed by atoms with Gasteiger partial charge in [-0.05, 0) is 42.4 Å². The topological polar surface area (TPSA) is 38.3 Å². The van der Waals surface area contributed by atoms with Crippen molar-refractivity contribution in [2.24, 2.45) is 5.41 Å². The molecule has 0 saturated carbocycles. The fraction of sp³-hybridized carbons (Fsp3) is 0.588. The van der Waals surface area contributed by atoms with Crippen LogP contribution in [-0.2, 0) is 9.53 Å². The average Bonchev–Trinajstić information content (AvgIpc) is 2.91. The highest BCUT2D eigenvalue weighted by Gasteiger charge is 2.28. The molecule has 1 aliphatic heterocycles. The second-order valence-corrected chi connectivity index (χ2v) is 6.88. The summed E-state index contributed by atoms with van der Waals surface area (Å²) in [7, 11) is 0. The highest BCUT2D eigenvalue weighted by Crippen LogP contribution is 2.30. The molecule has 1 amide bonds. The molecule has 4 heteroatoms. The number of halogens is 1. The maximum absolute atomic E-state index is 13.1. The van der Waals surface area contributed by atoms with Crippen LogP contribution in [0, 0.1) is 11.2 Å². The molecule has 1 aromatic carbocycles. The highest BCUT2D eigenvalue weighted by atomic mass is 19.1. The van der Waals surface area contributed by atoms with E-state index < -0.39 is 0 Å². The minimum Gasteiger partial charge on any atom is -0.368 e. The summed E-state index contributed by atoms with van der Waals surface area (Å²) in [6.07, 6.45) is 2.15. The zero-order valence-electron chi connectivity index (χ0n) is 13.0. The third-order valence-electron chi connectivity index (χ3n) is 3.63. The van der Waals surface area contributed by atoms with Gasteiger partial charge < -0.3 is 10.1 Å². The minimum atomic E-state index is -0.340. The van der Waals surface area contributed by atoms with E-state index in [2.05, 4.69) is 26.1 Å². The van der Waals surface area contributed by atoms with E-state index in [0.717, 1.165) is 24.8 Å². The van der Waals surface area contributed by atoms with E-state index >= 15 is 0 Å². The first-order valence-electron chi connectivity index (χ1n) is 7.52. The summed E-state index contributed by atoms with van der Waals surface area (Å²) < 4.78 is 18.5. The number of benzene rings is 1. The van der Waals surface area contributed by atoms with Crippen LogP contribution in [0.25, 0.3) is 0 Å². The fourth-order valence-corrected chi connectivity index (χ4v) is 2.61. The van der Waals surface area contributed by atoms with Gasteiger partial charge in [-0.2, -0.15) is 0 Å². The van der Waals surface area contributed by atoms with Crippen LogP contribution < -0.4 is 5.32 Å². The van der Waals surface area contributed by atoms with Crippen LogP contribution >= 0.6 is 0 Å². The Bertz CT molecular complexity index is 473. The van der Waals surface area contributed by atoms with Gasteiger partial charge in [0.25, 0.3) is 0 Å². The minimum absolute atomic E-state index is 0.0584. The van der Waals surface area contributed by atoms with Crippen LogP contribution in [0.5, 0.6) is 0 Å². The third kappa shape index (κ3) is 4.81. The molecule has 2 rings (SSSR count). The van der Waals surface area contributed by atoms with Crippen LogP contribution in [0.15, 0.2) is 24.3 Å². The molecule has 0 aromatic heterocycles. The Labute approximate surface area is 125 Å². The van der Waals surface area contributed by atoms with Crippen molar-refractivity contribution in [3.63, 3.8) is 0 Å². The largest absolute Gasteiger partial charge is 0.368 e. The number of amides is 1. The summed E-state index contributed by atoms with van der Waals surface area (Å²) in [5.41, 5.74) is 0.987. The molecule has 0 bridgehead atoms. The van der Waals surface area contributed by atoms with Gasteiger partial charge in [-0.15, -0.1) is 0 Å². The lowest BCUT2D eigenvalue weighted by Gasteiger charge is -2.28. The van der Waals surface area contributed by atoms with Gasteiger partial charge in [0, 0.05) is 6.61 Å². The lowest BCUT2D eigenvalue weighted by molar-refractivity contribution is -0.131. The summed E-state index contributed by atoms with van der Waals surface area (Å²) in [6, 6.07) is 6.22. The predicted molar refractivity (Wildman–Crippen MR) is 80.3 cm³/mol. The van der Waals surface area contributed by atoms with E-state index in [1.165, 1.54) is 12.1 Å². The quantitative estimate of drug-likeness (QED) is 0.921. The number of carbonyl (C=O) groups is 1. The maximum atomic E-state index is 13.1. The van der Waals surface area contributed by atoms with Gasteiger partial charge in [0.2, 0.25) is 5.91 Å². The molecule has 116 valence electrons.